The van der Waals surface area contributed by atoms with Gasteiger partial charge in [-0.1, -0.05) is 60.7 Å². The molecule has 1 aliphatic rings. The molecule has 1 fully saturated rings. The highest BCUT2D eigenvalue weighted by molar-refractivity contribution is 5.91. The van der Waals surface area contributed by atoms with Crippen LogP contribution >= 0.6 is 0 Å². The molecule has 1 amide bonds. The molecule has 0 radical (unpaired) electrons. The van der Waals surface area contributed by atoms with Crippen LogP contribution in [0.3, 0.4) is 0 Å². The molecule has 1 unspecified atom stereocenters. The molecule has 0 saturated carbocycles. The fraction of sp³-hybridized carbons (Fsp3) is 0.241. The van der Waals surface area contributed by atoms with Gasteiger partial charge in [0, 0.05) is 26.0 Å². The van der Waals surface area contributed by atoms with E-state index in [2.05, 4.69) is 4.98 Å². The van der Waals surface area contributed by atoms with Crippen LogP contribution in [0, 0.1) is 29.1 Å². The first-order valence-corrected chi connectivity index (χ1v) is 12.5. The zero-order valence-electron chi connectivity index (χ0n) is 21.4. The molecule has 5 rings (SSSR count). The Kier molecular flexibility index (Phi) is 7.37. The molecule has 1 saturated heterocycles. The lowest BCUT2D eigenvalue weighted by Crippen LogP contribution is -2.54. The number of amides is 1. The van der Waals surface area contributed by atoms with E-state index in [-0.39, 0.29) is 29.9 Å². The Labute approximate surface area is 229 Å². The van der Waals surface area contributed by atoms with Crippen LogP contribution in [-0.2, 0) is 23.5 Å². The number of alkyl halides is 2. The van der Waals surface area contributed by atoms with E-state index in [1.807, 2.05) is 0 Å². The van der Waals surface area contributed by atoms with Gasteiger partial charge < -0.3 is 9.47 Å². The monoisotopic (exact) mass is 577 g/mol. The number of imidazole rings is 1. The third-order valence-corrected chi connectivity index (χ3v) is 7.19. The fourth-order valence-electron chi connectivity index (χ4n) is 5.36. The molecule has 5 nitrogen and oxygen atoms in total. The molecule has 1 aliphatic heterocycles. The predicted octanol–water partition coefficient (Wildman–Crippen LogP) is 6.43. The number of hydrogen-bond acceptors (Lipinski definition) is 3. The van der Waals surface area contributed by atoms with Gasteiger partial charge in [0.25, 0.3) is 5.91 Å². The molecule has 214 valence electrons. The van der Waals surface area contributed by atoms with Gasteiger partial charge in [0.1, 0.15) is 11.2 Å². The summed E-state index contributed by atoms with van der Waals surface area (Å²) in [5.74, 6) is -13.8. The molecule has 1 aromatic heterocycles. The topological polar surface area (TPSA) is 47.4 Å². The van der Waals surface area contributed by atoms with Gasteiger partial charge in [-0.15, -0.1) is 0 Å². The van der Waals surface area contributed by atoms with Crippen molar-refractivity contribution in [2.45, 2.75) is 30.6 Å². The van der Waals surface area contributed by atoms with Crippen LogP contribution in [0.4, 0.5) is 30.7 Å². The number of halogens is 7. The molecule has 2 heterocycles. The van der Waals surface area contributed by atoms with Crippen LogP contribution in [-0.4, -0.2) is 32.9 Å². The first-order valence-electron chi connectivity index (χ1n) is 12.5. The highest BCUT2D eigenvalue weighted by Crippen LogP contribution is 2.50. The Balaban J connectivity index is 1.77. The third-order valence-electron chi connectivity index (χ3n) is 7.19. The summed E-state index contributed by atoms with van der Waals surface area (Å²) in [6, 6.07) is 13.7. The molecule has 12 heteroatoms. The number of carbonyl (C=O) groups excluding carboxylic acids is 1. The summed E-state index contributed by atoms with van der Waals surface area (Å²) >= 11 is 0. The smallest absolute Gasteiger partial charge is 0.330 e. The number of likely N-dealkylation sites (tertiary alicyclic amines) is 1. The van der Waals surface area contributed by atoms with Gasteiger partial charge >= 0.3 is 6.11 Å². The number of aryl methyl sites for hydroxylation is 1. The molecule has 4 aromatic rings. The van der Waals surface area contributed by atoms with E-state index in [0.29, 0.717) is 6.42 Å². The standard InChI is InChI=1S/C29H22F7N3O2/c1-38-16-14-37-26(38)27(40)39-15-8-13-19(39)28(17-9-4-2-5-10-17,18-11-6-3-7-12-18)41-29(35,36)20-21(30)23(32)25(34)24(33)22(20)31/h2-7,9-12,14,16,19H,8,13,15H2,1H3. The molecule has 0 N–H and O–H groups in total. The SMILES string of the molecule is Cn1ccnc1C(=O)N1CCCC1C(OC(F)(F)c1c(F)c(F)c(F)c(F)c1F)(c1ccccc1)c1ccccc1. The molecule has 1 atom stereocenters. The summed E-state index contributed by atoms with van der Waals surface area (Å²) in [4.78, 5) is 19.0. The summed E-state index contributed by atoms with van der Waals surface area (Å²) in [7, 11) is 1.57. The predicted molar refractivity (Wildman–Crippen MR) is 132 cm³/mol. The number of aromatic nitrogens is 2. The number of rotatable bonds is 7. The van der Waals surface area contributed by atoms with Crippen LogP contribution in [0.5, 0.6) is 0 Å². The van der Waals surface area contributed by atoms with E-state index < -0.39 is 58.3 Å². The van der Waals surface area contributed by atoms with Gasteiger partial charge in [-0.3, -0.25) is 9.53 Å². The van der Waals surface area contributed by atoms with E-state index in [9.17, 15) is 26.7 Å². The van der Waals surface area contributed by atoms with Gasteiger partial charge in [-0.05, 0) is 24.0 Å². The number of benzene rings is 3. The third kappa shape index (κ3) is 4.65. The van der Waals surface area contributed by atoms with Gasteiger partial charge in [0.05, 0.1) is 6.04 Å². The van der Waals surface area contributed by atoms with Gasteiger partial charge in [0.15, 0.2) is 29.1 Å². The number of ether oxygens (including phenoxy) is 1. The van der Waals surface area contributed by atoms with Gasteiger partial charge in [-0.25, -0.2) is 26.9 Å². The maximum atomic E-state index is 16.1. The second-order valence-corrected chi connectivity index (χ2v) is 9.55. The number of carbonyl (C=O) groups is 1. The first-order chi connectivity index (χ1) is 19.5. The zero-order chi connectivity index (χ0) is 29.5. The minimum absolute atomic E-state index is 0.00144. The fourth-order valence-corrected chi connectivity index (χ4v) is 5.36. The van der Waals surface area contributed by atoms with E-state index in [1.165, 1.54) is 70.4 Å². The van der Waals surface area contributed by atoms with Crippen LogP contribution < -0.4 is 0 Å². The van der Waals surface area contributed by atoms with Crippen molar-refractivity contribution in [1.29, 1.82) is 0 Å². The largest absolute Gasteiger partial charge is 0.390 e. The quantitative estimate of drug-likeness (QED) is 0.145. The van der Waals surface area contributed by atoms with Crippen molar-refractivity contribution in [2.24, 2.45) is 7.05 Å². The van der Waals surface area contributed by atoms with E-state index in [4.69, 9.17) is 4.74 Å². The molecule has 0 spiro atoms. The highest BCUT2D eigenvalue weighted by Gasteiger charge is 2.57. The van der Waals surface area contributed by atoms with Gasteiger partial charge in [-0.2, -0.15) is 8.78 Å². The Morgan fingerprint density at radius 3 is 1.85 bits per heavy atom. The normalized spacial score (nSPS) is 15.9. The van der Waals surface area contributed by atoms with Crippen molar-refractivity contribution >= 4 is 5.91 Å². The minimum Gasteiger partial charge on any atom is -0.330 e. The summed E-state index contributed by atoms with van der Waals surface area (Å²) < 4.78 is 110. The summed E-state index contributed by atoms with van der Waals surface area (Å²) in [5.41, 5.74) is -4.67. The molecule has 0 bridgehead atoms. The van der Waals surface area contributed by atoms with Crippen molar-refractivity contribution in [3.05, 3.63) is 125 Å². The minimum atomic E-state index is -5.07. The summed E-state index contributed by atoms with van der Waals surface area (Å²) in [6.45, 7) is 0.0925. The van der Waals surface area contributed by atoms with Crippen LogP contribution in [0.1, 0.15) is 40.2 Å². The first kappa shape index (κ1) is 28.3. The molecule has 3 aromatic carbocycles. The van der Waals surface area contributed by atoms with Crippen molar-refractivity contribution in [3.8, 4) is 0 Å². The van der Waals surface area contributed by atoms with Crippen molar-refractivity contribution in [2.75, 3.05) is 6.54 Å². The molecular formula is C29H22F7N3O2. The molecule has 0 aliphatic carbocycles. The summed E-state index contributed by atoms with van der Waals surface area (Å²) in [6.07, 6.45) is -1.75. The van der Waals surface area contributed by atoms with Crippen molar-refractivity contribution in [3.63, 3.8) is 0 Å². The lowest BCUT2D eigenvalue weighted by atomic mass is 9.78. The van der Waals surface area contributed by atoms with Crippen LogP contribution in [0.15, 0.2) is 73.1 Å². The average Bonchev–Trinajstić information content (AvgIpc) is 3.64. The lowest BCUT2D eigenvalue weighted by Gasteiger charge is -2.45. The number of hydrogen-bond donors (Lipinski definition) is 0. The number of nitrogens with zero attached hydrogens (tertiary/aromatic N) is 3. The second kappa shape index (κ2) is 10.7. The van der Waals surface area contributed by atoms with Crippen molar-refractivity contribution in [1.82, 2.24) is 14.5 Å². The Bertz CT molecular complexity index is 1510. The lowest BCUT2D eigenvalue weighted by molar-refractivity contribution is -0.311. The Morgan fingerprint density at radius 2 is 1.37 bits per heavy atom. The van der Waals surface area contributed by atoms with E-state index in [0.717, 1.165) is 0 Å². The average molecular weight is 578 g/mol. The maximum absolute atomic E-state index is 16.1. The zero-order valence-corrected chi connectivity index (χ0v) is 21.4. The maximum Gasteiger partial charge on any atom is 0.390 e. The van der Waals surface area contributed by atoms with E-state index in [1.54, 1.807) is 19.2 Å². The summed E-state index contributed by atoms with van der Waals surface area (Å²) in [5, 5.41) is 0. The van der Waals surface area contributed by atoms with Crippen molar-refractivity contribution < 1.29 is 40.3 Å². The van der Waals surface area contributed by atoms with E-state index >= 15 is 8.78 Å². The van der Waals surface area contributed by atoms with Crippen LogP contribution in [0.25, 0.3) is 0 Å². The molecule has 41 heavy (non-hydrogen) atoms. The Morgan fingerprint density at radius 1 is 0.854 bits per heavy atom. The molecular weight excluding hydrogens is 555 g/mol. The Hall–Kier alpha value is -4.19. The highest BCUT2D eigenvalue weighted by atomic mass is 19.3. The second-order valence-electron chi connectivity index (χ2n) is 9.55. The van der Waals surface area contributed by atoms with Gasteiger partial charge in [0.2, 0.25) is 5.82 Å². The van der Waals surface area contributed by atoms with Crippen LogP contribution in [0.2, 0.25) is 0 Å².